The van der Waals surface area contributed by atoms with Gasteiger partial charge in [-0.3, -0.25) is 4.98 Å². The number of urea groups is 1. The Morgan fingerprint density at radius 2 is 1.88 bits per heavy atom. The molecule has 0 fully saturated rings. The zero-order valence-corrected chi connectivity index (χ0v) is 13.1. The first-order chi connectivity index (χ1) is 11.7. The van der Waals surface area contributed by atoms with Gasteiger partial charge in [-0.25, -0.2) is 4.79 Å². The van der Waals surface area contributed by atoms with Crippen LogP contribution in [0, 0.1) is 0 Å². The Labute approximate surface area is 139 Å². The number of ether oxygens (including phenoxy) is 1. The zero-order chi connectivity index (χ0) is 16.9. The number of phenols is 1. The average Bonchev–Trinajstić information content (AvgIpc) is 2.60. The number of aromatic nitrogens is 1. The fraction of sp³-hybridized carbons (Fsp3) is 0.111. The van der Waals surface area contributed by atoms with Crippen LogP contribution in [0.25, 0.3) is 10.9 Å². The highest BCUT2D eigenvalue weighted by molar-refractivity contribution is 6.03. The van der Waals surface area contributed by atoms with Gasteiger partial charge >= 0.3 is 6.03 Å². The fourth-order valence-corrected chi connectivity index (χ4v) is 2.36. The third-order valence-corrected chi connectivity index (χ3v) is 3.43. The van der Waals surface area contributed by atoms with Crippen molar-refractivity contribution >= 4 is 28.3 Å². The molecule has 3 N–H and O–H groups in total. The number of nitrogens with zero attached hydrogens (tertiary/aromatic N) is 1. The van der Waals surface area contributed by atoms with Crippen molar-refractivity contribution in [3.8, 4) is 11.5 Å². The lowest BCUT2D eigenvalue weighted by Crippen LogP contribution is -2.20. The Bertz CT molecular complexity index is 880. The monoisotopic (exact) mass is 323 g/mol. The number of carbonyl (C=O) groups excluding carboxylic acids is 1. The molecule has 2 aromatic carbocycles. The second-order valence-electron chi connectivity index (χ2n) is 5.05. The number of phenolic OH excluding ortho intramolecular Hbond substituents is 1. The summed E-state index contributed by atoms with van der Waals surface area (Å²) >= 11 is 0. The van der Waals surface area contributed by atoms with E-state index in [1.807, 2.05) is 19.1 Å². The first-order valence-corrected chi connectivity index (χ1v) is 7.55. The van der Waals surface area contributed by atoms with Crippen molar-refractivity contribution in [2.75, 3.05) is 17.2 Å². The van der Waals surface area contributed by atoms with E-state index in [9.17, 15) is 9.90 Å². The smallest absolute Gasteiger partial charge is 0.323 e. The van der Waals surface area contributed by atoms with Gasteiger partial charge in [0.2, 0.25) is 0 Å². The summed E-state index contributed by atoms with van der Waals surface area (Å²) in [5, 5.41) is 16.4. The molecule has 0 saturated heterocycles. The number of carbonyl (C=O) groups is 1. The number of para-hydroxylation sites is 2. The summed E-state index contributed by atoms with van der Waals surface area (Å²) in [7, 11) is 0. The molecule has 24 heavy (non-hydrogen) atoms. The van der Waals surface area contributed by atoms with Crippen LogP contribution in [0.5, 0.6) is 11.5 Å². The van der Waals surface area contributed by atoms with Crippen molar-refractivity contribution in [2.24, 2.45) is 0 Å². The third kappa shape index (κ3) is 3.22. The van der Waals surface area contributed by atoms with E-state index in [4.69, 9.17) is 4.74 Å². The Kier molecular flexibility index (Phi) is 4.47. The van der Waals surface area contributed by atoms with Gasteiger partial charge in [0.05, 0.1) is 18.0 Å². The zero-order valence-electron chi connectivity index (χ0n) is 13.1. The molecule has 0 spiro atoms. The van der Waals surface area contributed by atoms with E-state index in [1.54, 1.807) is 42.6 Å². The molecule has 0 aliphatic heterocycles. The molecule has 1 aromatic heterocycles. The molecule has 3 rings (SSSR count). The van der Waals surface area contributed by atoms with Gasteiger partial charge in [0, 0.05) is 11.6 Å². The molecule has 0 atom stereocenters. The van der Waals surface area contributed by atoms with E-state index < -0.39 is 6.03 Å². The third-order valence-electron chi connectivity index (χ3n) is 3.43. The number of rotatable bonds is 4. The van der Waals surface area contributed by atoms with Crippen molar-refractivity contribution in [2.45, 2.75) is 6.92 Å². The quantitative estimate of drug-likeness (QED) is 0.634. The number of aromatic hydroxyl groups is 1. The van der Waals surface area contributed by atoms with Gasteiger partial charge in [-0.05, 0) is 31.2 Å². The minimum atomic E-state index is -0.479. The number of benzene rings is 2. The van der Waals surface area contributed by atoms with Crippen LogP contribution in [-0.4, -0.2) is 22.7 Å². The highest BCUT2D eigenvalue weighted by atomic mass is 16.5. The SMILES string of the molecule is CCOc1ccccc1NC(=O)Nc1ccc2cccnc2c1O. The van der Waals surface area contributed by atoms with Crippen molar-refractivity contribution in [3.05, 3.63) is 54.7 Å². The number of fused-ring (bicyclic) bond motifs is 1. The maximum absolute atomic E-state index is 12.2. The molecule has 0 saturated carbocycles. The molecule has 122 valence electrons. The van der Waals surface area contributed by atoms with Crippen LogP contribution in [0.1, 0.15) is 6.92 Å². The molecule has 0 aliphatic rings. The second-order valence-corrected chi connectivity index (χ2v) is 5.05. The number of amides is 2. The molecule has 1 heterocycles. The lowest BCUT2D eigenvalue weighted by molar-refractivity contribution is 0.261. The van der Waals surface area contributed by atoms with Gasteiger partial charge in [-0.15, -0.1) is 0 Å². The molecule has 0 radical (unpaired) electrons. The highest BCUT2D eigenvalue weighted by Gasteiger charge is 2.12. The van der Waals surface area contributed by atoms with Crippen molar-refractivity contribution in [1.29, 1.82) is 0 Å². The normalized spacial score (nSPS) is 10.4. The van der Waals surface area contributed by atoms with Crippen LogP contribution < -0.4 is 15.4 Å². The van der Waals surface area contributed by atoms with E-state index in [1.165, 1.54) is 0 Å². The predicted octanol–water partition coefficient (Wildman–Crippen LogP) is 3.98. The maximum atomic E-state index is 12.2. The van der Waals surface area contributed by atoms with Crippen LogP contribution in [0.4, 0.5) is 16.2 Å². The number of hydrogen-bond acceptors (Lipinski definition) is 4. The maximum Gasteiger partial charge on any atom is 0.323 e. The molecule has 6 heteroatoms. The topological polar surface area (TPSA) is 83.5 Å². The van der Waals surface area contributed by atoms with E-state index in [-0.39, 0.29) is 11.4 Å². The minimum absolute atomic E-state index is 0.0682. The minimum Gasteiger partial charge on any atom is -0.504 e. The lowest BCUT2D eigenvalue weighted by Gasteiger charge is -2.13. The summed E-state index contributed by atoms with van der Waals surface area (Å²) in [6.45, 7) is 2.37. The van der Waals surface area contributed by atoms with Gasteiger partial charge in [0.1, 0.15) is 11.3 Å². The summed E-state index contributed by atoms with van der Waals surface area (Å²) in [4.78, 5) is 16.3. The largest absolute Gasteiger partial charge is 0.504 e. The summed E-state index contributed by atoms with van der Waals surface area (Å²) in [5.74, 6) is 0.515. The first kappa shape index (κ1) is 15.6. The van der Waals surface area contributed by atoms with Crippen molar-refractivity contribution < 1.29 is 14.6 Å². The van der Waals surface area contributed by atoms with Gasteiger partial charge < -0.3 is 20.5 Å². The molecule has 0 aliphatic carbocycles. The van der Waals surface area contributed by atoms with E-state index in [0.29, 0.717) is 23.6 Å². The van der Waals surface area contributed by atoms with Gasteiger partial charge in [-0.1, -0.05) is 24.3 Å². The molecule has 3 aromatic rings. The van der Waals surface area contributed by atoms with E-state index >= 15 is 0 Å². The number of anilines is 2. The van der Waals surface area contributed by atoms with Crippen LogP contribution in [0.15, 0.2) is 54.7 Å². The fourth-order valence-electron chi connectivity index (χ4n) is 2.36. The van der Waals surface area contributed by atoms with Crippen LogP contribution in [-0.2, 0) is 0 Å². The average molecular weight is 323 g/mol. The number of nitrogens with one attached hydrogen (secondary N) is 2. The van der Waals surface area contributed by atoms with Gasteiger partial charge in [-0.2, -0.15) is 0 Å². The van der Waals surface area contributed by atoms with Crippen LogP contribution in [0.2, 0.25) is 0 Å². The standard InChI is InChI=1S/C18H17N3O3/c1-2-24-15-8-4-3-7-13(15)20-18(23)21-14-10-9-12-6-5-11-19-16(12)17(14)22/h3-11,22H,2H2,1H3,(H2,20,21,23). The molecule has 0 bridgehead atoms. The van der Waals surface area contributed by atoms with Gasteiger partial charge in [0.15, 0.2) is 5.75 Å². The van der Waals surface area contributed by atoms with Crippen molar-refractivity contribution in [3.63, 3.8) is 0 Å². The highest BCUT2D eigenvalue weighted by Crippen LogP contribution is 2.31. The molecule has 0 unspecified atom stereocenters. The Hall–Kier alpha value is -3.28. The Balaban J connectivity index is 1.79. The summed E-state index contributed by atoms with van der Waals surface area (Å²) in [6, 6.07) is 13.7. The molecular weight excluding hydrogens is 306 g/mol. The lowest BCUT2D eigenvalue weighted by atomic mass is 10.2. The van der Waals surface area contributed by atoms with Gasteiger partial charge in [0.25, 0.3) is 0 Å². The Morgan fingerprint density at radius 1 is 1.08 bits per heavy atom. The van der Waals surface area contributed by atoms with E-state index in [0.717, 1.165) is 5.39 Å². The van der Waals surface area contributed by atoms with E-state index in [2.05, 4.69) is 15.6 Å². The Morgan fingerprint density at radius 3 is 2.71 bits per heavy atom. The number of pyridine rings is 1. The second kappa shape index (κ2) is 6.87. The summed E-state index contributed by atoms with van der Waals surface area (Å²) < 4.78 is 5.47. The molecule has 6 nitrogen and oxygen atoms in total. The predicted molar refractivity (Wildman–Crippen MR) is 93.7 cm³/mol. The van der Waals surface area contributed by atoms with Crippen LogP contribution in [0.3, 0.4) is 0 Å². The van der Waals surface area contributed by atoms with Crippen LogP contribution >= 0.6 is 0 Å². The molecule has 2 amide bonds. The van der Waals surface area contributed by atoms with Crippen molar-refractivity contribution in [1.82, 2.24) is 4.98 Å². The molecular formula is C18H17N3O3. The summed E-state index contributed by atoms with van der Waals surface area (Å²) in [6.07, 6.45) is 1.59. The number of hydrogen-bond donors (Lipinski definition) is 3. The first-order valence-electron chi connectivity index (χ1n) is 7.55. The summed E-state index contributed by atoms with van der Waals surface area (Å²) in [5.41, 5.74) is 1.27.